The Kier molecular flexibility index (Phi) is 8.10. The Morgan fingerprint density at radius 1 is 1.19 bits per heavy atom. The molecule has 0 unspecified atom stereocenters. The molecule has 0 atom stereocenters. The van der Waals surface area contributed by atoms with Crippen molar-refractivity contribution in [3.63, 3.8) is 0 Å². The Labute approximate surface area is 210 Å². The first-order valence-corrected chi connectivity index (χ1v) is 11.8. The zero-order chi connectivity index (χ0) is 23.3. The van der Waals surface area contributed by atoms with E-state index in [2.05, 4.69) is 49.9 Å². The van der Waals surface area contributed by atoms with Gasteiger partial charge in [0.25, 0.3) is 5.91 Å². The van der Waals surface area contributed by atoms with Gasteiger partial charge in [0, 0.05) is 25.7 Å². The zero-order valence-electron chi connectivity index (χ0n) is 18.0. The van der Waals surface area contributed by atoms with Crippen molar-refractivity contribution in [2.24, 2.45) is 0 Å². The third kappa shape index (κ3) is 5.78. The topological polar surface area (TPSA) is 62.1 Å². The van der Waals surface area contributed by atoms with E-state index < -0.39 is 5.91 Å². The van der Waals surface area contributed by atoms with Gasteiger partial charge in [-0.2, -0.15) is 5.26 Å². The van der Waals surface area contributed by atoms with Crippen LogP contribution < -0.4 is 10.1 Å². The van der Waals surface area contributed by atoms with Crippen molar-refractivity contribution in [2.45, 2.75) is 20.3 Å². The first-order chi connectivity index (χ1) is 15.3. The van der Waals surface area contributed by atoms with Crippen LogP contribution in [0.4, 0.5) is 5.69 Å². The molecule has 32 heavy (non-hydrogen) atoms. The third-order valence-electron chi connectivity index (χ3n) is 5.04. The largest absolute Gasteiger partial charge is 0.496 e. The van der Waals surface area contributed by atoms with Gasteiger partial charge in [-0.15, -0.1) is 0 Å². The van der Waals surface area contributed by atoms with E-state index in [9.17, 15) is 10.1 Å². The number of ether oxygens (including phenoxy) is 1. The summed E-state index contributed by atoms with van der Waals surface area (Å²) in [6, 6.07) is 19.7. The summed E-state index contributed by atoms with van der Waals surface area (Å²) in [6.45, 7) is 3.88. The normalized spacial score (nSPS) is 11.1. The Morgan fingerprint density at radius 3 is 2.62 bits per heavy atom. The zero-order valence-corrected chi connectivity index (χ0v) is 21.7. The molecule has 0 bridgehead atoms. The number of carbonyl (C=O) groups is 1. The molecule has 0 heterocycles. The lowest BCUT2D eigenvalue weighted by atomic mass is 10.0. The van der Waals surface area contributed by atoms with E-state index in [0.717, 1.165) is 35.9 Å². The minimum Gasteiger partial charge on any atom is -0.496 e. The standard InChI is InChI=1S/C26H22BrIN2O2/c1-16-8-9-17(2)24(10-16)30-26(31)20(15-29)11-18-12-23(28)21(25(13-18)32-3)14-19-6-4-5-7-22(19)27/h4-13H,14H2,1-3H3,(H,30,31)/b20-11+. The van der Waals surface area contributed by atoms with Gasteiger partial charge in [-0.25, -0.2) is 0 Å². The highest BCUT2D eigenvalue weighted by atomic mass is 127. The highest BCUT2D eigenvalue weighted by molar-refractivity contribution is 14.1. The summed E-state index contributed by atoms with van der Waals surface area (Å²) in [6.07, 6.45) is 2.29. The SMILES string of the molecule is COc1cc(/C=C(\C#N)C(=O)Nc2cc(C)ccc2C)cc(I)c1Cc1ccccc1Br. The molecule has 3 rings (SSSR count). The quantitative estimate of drug-likeness (QED) is 0.192. The van der Waals surface area contributed by atoms with Crippen LogP contribution in [0, 0.1) is 28.7 Å². The third-order valence-corrected chi connectivity index (χ3v) is 6.78. The predicted molar refractivity (Wildman–Crippen MR) is 141 cm³/mol. The molecular formula is C26H22BrIN2O2. The minimum atomic E-state index is -0.438. The molecule has 0 aromatic heterocycles. The van der Waals surface area contributed by atoms with Gasteiger partial charge in [0.2, 0.25) is 0 Å². The second-order valence-electron chi connectivity index (χ2n) is 7.39. The number of halogens is 2. The van der Waals surface area contributed by atoms with Gasteiger partial charge in [-0.05, 0) is 89.0 Å². The number of anilines is 1. The lowest BCUT2D eigenvalue weighted by Crippen LogP contribution is -2.14. The highest BCUT2D eigenvalue weighted by Crippen LogP contribution is 2.31. The fourth-order valence-corrected chi connectivity index (χ4v) is 4.52. The van der Waals surface area contributed by atoms with Gasteiger partial charge in [-0.3, -0.25) is 4.79 Å². The Bertz CT molecular complexity index is 1250. The van der Waals surface area contributed by atoms with E-state index in [4.69, 9.17) is 4.74 Å². The Hall–Kier alpha value is -2.63. The summed E-state index contributed by atoms with van der Waals surface area (Å²) < 4.78 is 7.68. The van der Waals surface area contributed by atoms with Crippen molar-refractivity contribution >= 4 is 56.2 Å². The molecule has 0 fully saturated rings. The molecule has 162 valence electrons. The maximum Gasteiger partial charge on any atom is 0.266 e. The summed E-state index contributed by atoms with van der Waals surface area (Å²) in [4.78, 5) is 12.8. The van der Waals surface area contributed by atoms with Crippen molar-refractivity contribution < 1.29 is 9.53 Å². The number of hydrogen-bond donors (Lipinski definition) is 1. The number of nitriles is 1. The number of rotatable bonds is 6. The molecule has 0 saturated carbocycles. The van der Waals surface area contributed by atoms with Crippen LogP contribution in [0.25, 0.3) is 6.08 Å². The second-order valence-corrected chi connectivity index (χ2v) is 9.41. The smallest absolute Gasteiger partial charge is 0.266 e. The van der Waals surface area contributed by atoms with Crippen molar-refractivity contribution in [3.05, 3.63) is 96.0 Å². The molecular weight excluding hydrogens is 579 g/mol. The van der Waals surface area contributed by atoms with E-state index in [1.54, 1.807) is 13.2 Å². The van der Waals surface area contributed by atoms with Crippen LogP contribution in [-0.4, -0.2) is 13.0 Å². The van der Waals surface area contributed by atoms with Crippen LogP contribution in [-0.2, 0) is 11.2 Å². The molecule has 6 heteroatoms. The predicted octanol–water partition coefficient (Wildman–Crippen LogP) is 6.82. The number of hydrogen-bond acceptors (Lipinski definition) is 3. The number of benzene rings is 3. The maximum absolute atomic E-state index is 12.8. The number of nitrogens with one attached hydrogen (secondary N) is 1. The Balaban J connectivity index is 1.91. The van der Waals surface area contributed by atoms with E-state index in [-0.39, 0.29) is 5.57 Å². The first kappa shape index (κ1) is 24.0. The van der Waals surface area contributed by atoms with Crippen LogP contribution in [0.1, 0.15) is 27.8 Å². The summed E-state index contributed by atoms with van der Waals surface area (Å²) in [5.41, 5.74) is 5.64. The van der Waals surface area contributed by atoms with E-state index in [1.807, 2.05) is 68.4 Å². The van der Waals surface area contributed by atoms with Crippen LogP contribution in [0.3, 0.4) is 0 Å². The van der Waals surface area contributed by atoms with Crippen LogP contribution in [0.15, 0.2) is 64.6 Å². The van der Waals surface area contributed by atoms with Crippen LogP contribution >= 0.6 is 38.5 Å². The fraction of sp³-hybridized carbons (Fsp3) is 0.154. The lowest BCUT2D eigenvalue weighted by Gasteiger charge is -2.14. The molecule has 0 aliphatic carbocycles. The number of carbonyl (C=O) groups excluding carboxylic acids is 1. The molecule has 1 amide bonds. The fourth-order valence-electron chi connectivity index (χ4n) is 3.28. The summed E-state index contributed by atoms with van der Waals surface area (Å²) in [7, 11) is 1.63. The van der Waals surface area contributed by atoms with Gasteiger partial charge in [-0.1, -0.05) is 46.3 Å². The number of amides is 1. The molecule has 0 aliphatic heterocycles. The average molecular weight is 601 g/mol. The van der Waals surface area contributed by atoms with Gasteiger partial charge >= 0.3 is 0 Å². The molecule has 4 nitrogen and oxygen atoms in total. The summed E-state index contributed by atoms with van der Waals surface area (Å²) in [5, 5.41) is 12.5. The molecule has 1 N–H and O–H groups in total. The molecule has 0 spiro atoms. The molecule has 0 saturated heterocycles. The maximum atomic E-state index is 12.8. The second kappa shape index (κ2) is 10.8. The molecule has 0 radical (unpaired) electrons. The minimum absolute atomic E-state index is 0.0299. The Morgan fingerprint density at radius 2 is 1.94 bits per heavy atom. The molecule has 3 aromatic rings. The van der Waals surface area contributed by atoms with Crippen molar-refractivity contribution in [1.29, 1.82) is 5.26 Å². The average Bonchev–Trinajstić information content (AvgIpc) is 2.77. The van der Waals surface area contributed by atoms with Crippen molar-refractivity contribution in [3.8, 4) is 11.8 Å². The van der Waals surface area contributed by atoms with Crippen molar-refractivity contribution in [2.75, 3.05) is 12.4 Å². The van der Waals surface area contributed by atoms with Crippen LogP contribution in [0.2, 0.25) is 0 Å². The number of methoxy groups -OCH3 is 1. The monoisotopic (exact) mass is 600 g/mol. The number of aryl methyl sites for hydroxylation is 2. The summed E-state index contributed by atoms with van der Waals surface area (Å²) >= 11 is 5.87. The van der Waals surface area contributed by atoms with E-state index in [0.29, 0.717) is 17.9 Å². The van der Waals surface area contributed by atoms with E-state index >= 15 is 0 Å². The van der Waals surface area contributed by atoms with Crippen molar-refractivity contribution in [1.82, 2.24) is 0 Å². The van der Waals surface area contributed by atoms with Gasteiger partial charge in [0.05, 0.1) is 7.11 Å². The summed E-state index contributed by atoms with van der Waals surface area (Å²) in [5.74, 6) is 0.276. The van der Waals surface area contributed by atoms with Gasteiger partial charge in [0.1, 0.15) is 17.4 Å². The van der Waals surface area contributed by atoms with E-state index in [1.165, 1.54) is 0 Å². The number of nitrogens with zero attached hydrogens (tertiary/aromatic N) is 1. The first-order valence-electron chi connectivity index (χ1n) is 9.92. The van der Waals surface area contributed by atoms with Gasteiger partial charge in [0.15, 0.2) is 0 Å². The molecule has 3 aromatic carbocycles. The van der Waals surface area contributed by atoms with Gasteiger partial charge < -0.3 is 10.1 Å². The highest BCUT2D eigenvalue weighted by Gasteiger charge is 2.15. The molecule has 0 aliphatic rings. The van der Waals surface area contributed by atoms with Crippen LogP contribution in [0.5, 0.6) is 5.75 Å². The lowest BCUT2D eigenvalue weighted by molar-refractivity contribution is -0.112.